The molecular formula is C3H6F3NO2S. The molecule has 7 heteroatoms. The molecule has 62 valence electrons. The van der Waals surface area contributed by atoms with Gasteiger partial charge in [0, 0.05) is 0 Å². The van der Waals surface area contributed by atoms with Crippen LogP contribution in [0, 0.1) is 0 Å². The molecular weight excluding hydrogens is 171 g/mol. The second-order valence-corrected chi connectivity index (χ2v) is 3.99. The maximum absolute atomic E-state index is 11.4. The van der Waals surface area contributed by atoms with Gasteiger partial charge < -0.3 is 5.73 Å². The average Bonchev–Trinajstić information content (AvgIpc) is 1.62. The Balaban J connectivity index is 4.79. The summed E-state index contributed by atoms with van der Waals surface area (Å²) in [7, 11) is -5.14. The molecule has 0 radical (unpaired) electrons. The highest BCUT2D eigenvalue weighted by Gasteiger charge is 2.47. The van der Waals surface area contributed by atoms with E-state index in [9.17, 15) is 21.6 Å². The Kier molecular flexibility index (Phi) is 2.32. The third-order valence-electron chi connectivity index (χ3n) is 0.812. The van der Waals surface area contributed by atoms with Crippen LogP contribution in [-0.4, -0.2) is 19.3 Å². The molecule has 0 fully saturated rings. The lowest BCUT2D eigenvalue weighted by Crippen LogP contribution is -2.37. The molecule has 0 heterocycles. The first-order valence-corrected chi connectivity index (χ1v) is 3.80. The minimum absolute atomic E-state index is 0.767. The van der Waals surface area contributed by atoms with E-state index in [0.29, 0.717) is 0 Å². The smallest absolute Gasteiger partial charge is 0.315 e. The molecule has 0 spiro atoms. The summed E-state index contributed by atoms with van der Waals surface area (Å²) in [4.78, 5) is 0. The van der Waals surface area contributed by atoms with E-state index in [0.717, 1.165) is 6.92 Å². The van der Waals surface area contributed by atoms with Crippen LogP contribution in [-0.2, 0) is 9.84 Å². The zero-order valence-electron chi connectivity index (χ0n) is 5.01. The molecule has 10 heavy (non-hydrogen) atoms. The summed E-state index contributed by atoms with van der Waals surface area (Å²) >= 11 is 0. The molecule has 0 saturated carbocycles. The van der Waals surface area contributed by atoms with Crippen molar-refractivity contribution in [3.63, 3.8) is 0 Å². The monoisotopic (exact) mass is 177 g/mol. The van der Waals surface area contributed by atoms with Crippen molar-refractivity contribution >= 4 is 9.84 Å². The predicted molar refractivity (Wildman–Crippen MR) is 28.6 cm³/mol. The molecule has 3 nitrogen and oxygen atoms in total. The summed E-state index contributed by atoms with van der Waals surface area (Å²) < 4.78 is 54.5. The van der Waals surface area contributed by atoms with Gasteiger partial charge in [0.15, 0.2) is 0 Å². The van der Waals surface area contributed by atoms with E-state index in [2.05, 4.69) is 5.73 Å². The molecule has 0 aromatic carbocycles. The fourth-order valence-corrected chi connectivity index (χ4v) is 0.632. The first-order chi connectivity index (χ1) is 4.19. The lowest BCUT2D eigenvalue weighted by Gasteiger charge is -2.09. The van der Waals surface area contributed by atoms with Gasteiger partial charge >= 0.3 is 5.51 Å². The molecule has 1 atom stereocenters. The number of alkyl halides is 3. The van der Waals surface area contributed by atoms with Crippen molar-refractivity contribution in [1.29, 1.82) is 0 Å². The molecule has 0 aliphatic carbocycles. The van der Waals surface area contributed by atoms with Gasteiger partial charge in [0.05, 0.1) is 0 Å². The molecule has 0 bridgehead atoms. The standard InChI is InChI=1S/C3H6F3NO2S/c1-2(7)10(8,9)3(4,5)6/h2H,7H2,1H3. The zero-order valence-corrected chi connectivity index (χ0v) is 5.83. The second-order valence-electron chi connectivity index (χ2n) is 1.70. The van der Waals surface area contributed by atoms with Gasteiger partial charge in [-0.15, -0.1) is 0 Å². The van der Waals surface area contributed by atoms with Gasteiger partial charge in [-0.3, -0.25) is 0 Å². The largest absolute Gasteiger partial charge is 0.498 e. The van der Waals surface area contributed by atoms with E-state index in [-0.39, 0.29) is 0 Å². The Hall–Kier alpha value is -0.300. The fourth-order valence-electron chi connectivity index (χ4n) is 0.211. The average molecular weight is 177 g/mol. The first kappa shape index (κ1) is 9.70. The van der Waals surface area contributed by atoms with Gasteiger partial charge in [0.1, 0.15) is 5.37 Å². The maximum Gasteiger partial charge on any atom is 0.498 e. The Bertz CT molecular complexity index is 204. The summed E-state index contributed by atoms with van der Waals surface area (Å²) in [6.07, 6.45) is 0. The van der Waals surface area contributed by atoms with Crippen LogP contribution in [0.3, 0.4) is 0 Å². The van der Waals surface area contributed by atoms with Crippen LogP contribution < -0.4 is 5.73 Å². The van der Waals surface area contributed by atoms with Crippen molar-refractivity contribution in [1.82, 2.24) is 0 Å². The topological polar surface area (TPSA) is 60.2 Å². The van der Waals surface area contributed by atoms with E-state index >= 15 is 0 Å². The highest BCUT2D eigenvalue weighted by atomic mass is 32.2. The normalized spacial score (nSPS) is 16.9. The molecule has 1 unspecified atom stereocenters. The van der Waals surface area contributed by atoms with Crippen LogP contribution in [0.25, 0.3) is 0 Å². The Morgan fingerprint density at radius 1 is 1.40 bits per heavy atom. The van der Waals surface area contributed by atoms with E-state index in [1.165, 1.54) is 0 Å². The molecule has 0 aliphatic rings. The van der Waals surface area contributed by atoms with Crippen molar-refractivity contribution in [2.24, 2.45) is 5.73 Å². The SMILES string of the molecule is CC(N)S(=O)(=O)C(F)(F)F. The quantitative estimate of drug-likeness (QED) is 0.623. The summed E-state index contributed by atoms with van der Waals surface area (Å²) in [6, 6.07) is 0. The highest BCUT2D eigenvalue weighted by Crippen LogP contribution is 2.25. The lowest BCUT2D eigenvalue weighted by molar-refractivity contribution is -0.0442. The number of rotatable bonds is 1. The molecule has 0 aromatic heterocycles. The van der Waals surface area contributed by atoms with Gasteiger partial charge in [0.2, 0.25) is 0 Å². The van der Waals surface area contributed by atoms with Crippen LogP contribution in [0.15, 0.2) is 0 Å². The van der Waals surface area contributed by atoms with Crippen molar-refractivity contribution in [2.75, 3.05) is 0 Å². The molecule has 0 aliphatic heterocycles. The van der Waals surface area contributed by atoms with Gasteiger partial charge in [0.25, 0.3) is 9.84 Å². The van der Waals surface area contributed by atoms with Crippen molar-refractivity contribution in [3.05, 3.63) is 0 Å². The third kappa shape index (κ3) is 1.60. The van der Waals surface area contributed by atoms with Crippen LogP contribution in [0.4, 0.5) is 13.2 Å². The van der Waals surface area contributed by atoms with Crippen LogP contribution in [0.2, 0.25) is 0 Å². The minimum Gasteiger partial charge on any atom is -0.315 e. The molecule has 0 saturated heterocycles. The molecule has 0 rings (SSSR count). The van der Waals surface area contributed by atoms with Gasteiger partial charge in [-0.1, -0.05) is 0 Å². The van der Waals surface area contributed by atoms with Crippen LogP contribution >= 0.6 is 0 Å². The Morgan fingerprint density at radius 2 is 1.70 bits per heavy atom. The van der Waals surface area contributed by atoms with Gasteiger partial charge in [-0.25, -0.2) is 8.42 Å². The second kappa shape index (κ2) is 2.39. The number of hydrogen-bond donors (Lipinski definition) is 1. The summed E-state index contributed by atoms with van der Waals surface area (Å²) in [6.45, 7) is 0.767. The Morgan fingerprint density at radius 3 is 1.70 bits per heavy atom. The summed E-state index contributed by atoms with van der Waals surface area (Å²) in [5, 5.41) is -1.90. The summed E-state index contributed by atoms with van der Waals surface area (Å²) in [5.74, 6) is 0. The Labute approximate surface area is 55.9 Å². The molecule has 0 aromatic rings. The number of hydrogen-bond acceptors (Lipinski definition) is 3. The lowest BCUT2D eigenvalue weighted by atomic mass is 10.8. The number of halogens is 3. The number of nitrogens with two attached hydrogens (primary N) is 1. The van der Waals surface area contributed by atoms with Crippen molar-refractivity contribution in [3.8, 4) is 0 Å². The fraction of sp³-hybridized carbons (Fsp3) is 1.00. The van der Waals surface area contributed by atoms with Crippen LogP contribution in [0.5, 0.6) is 0 Å². The first-order valence-electron chi connectivity index (χ1n) is 2.25. The molecule has 2 N–H and O–H groups in total. The number of sulfone groups is 1. The summed E-state index contributed by atoms with van der Waals surface area (Å²) in [5.41, 5.74) is -0.687. The van der Waals surface area contributed by atoms with E-state index in [1.54, 1.807) is 0 Å². The van der Waals surface area contributed by atoms with E-state index in [1.807, 2.05) is 0 Å². The third-order valence-corrected chi connectivity index (χ3v) is 2.44. The van der Waals surface area contributed by atoms with E-state index < -0.39 is 20.7 Å². The van der Waals surface area contributed by atoms with Crippen LogP contribution in [0.1, 0.15) is 6.92 Å². The van der Waals surface area contributed by atoms with E-state index in [4.69, 9.17) is 0 Å². The predicted octanol–water partition coefficient (Wildman–Crippen LogP) is 0.226. The maximum atomic E-state index is 11.4. The van der Waals surface area contributed by atoms with Gasteiger partial charge in [-0.05, 0) is 6.92 Å². The van der Waals surface area contributed by atoms with Crippen molar-refractivity contribution in [2.45, 2.75) is 17.8 Å². The van der Waals surface area contributed by atoms with Gasteiger partial charge in [-0.2, -0.15) is 13.2 Å². The van der Waals surface area contributed by atoms with Crippen molar-refractivity contribution < 1.29 is 21.6 Å². The highest BCUT2D eigenvalue weighted by molar-refractivity contribution is 7.92. The molecule has 0 amide bonds. The zero-order chi connectivity index (χ0) is 8.58. The minimum atomic E-state index is -5.23.